The SMILES string of the molecule is Cn1cc(S(=O)(=O)NC2(CBr)CCC2)cn1. The van der Waals surface area contributed by atoms with Crippen molar-refractivity contribution in [3.05, 3.63) is 12.4 Å². The zero-order valence-electron chi connectivity index (χ0n) is 8.98. The zero-order chi connectivity index (χ0) is 11.8. The van der Waals surface area contributed by atoms with E-state index in [1.54, 1.807) is 7.05 Å². The summed E-state index contributed by atoms with van der Waals surface area (Å²) in [6.45, 7) is 0. The highest BCUT2D eigenvalue weighted by molar-refractivity contribution is 9.09. The van der Waals surface area contributed by atoms with Gasteiger partial charge in [-0.05, 0) is 19.3 Å². The van der Waals surface area contributed by atoms with Crippen LogP contribution >= 0.6 is 15.9 Å². The largest absolute Gasteiger partial charge is 0.274 e. The van der Waals surface area contributed by atoms with Crippen molar-refractivity contribution in [1.82, 2.24) is 14.5 Å². The van der Waals surface area contributed by atoms with Crippen molar-refractivity contribution in [2.24, 2.45) is 7.05 Å². The number of aromatic nitrogens is 2. The Morgan fingerprint density at radius 3 is 2.69 bits per heavy atom. The van der Waals surface area contributed by atoms with Crippen molar-refractivity contribution in [2.75, 3.05) is 5.33 Å². The lowest BCUT2D eigenvalue weighted by Gasteiger charge is -2.40. The van der Waals surface area contributed by atoms with E-state index in [9.17, 15) is 8.42 Å². The quantitative estimate of drug-likeness (QED) is 0.845. The molecule has 0 aromatic carbocycles. The molecule has 1 aromatic heterocycles. The number of aryl methyl sites for hydroxylation is 1. The summed E-state index contributed by atoms with van der Waals surface area (Å²) < 4.78 is 28.3. The average molecular weight is 308 g/mol. The summed E-state index contributed by atoms with van der Waals surface area (Å²) in [7, 11) is -1.74. The number of nitrogens with one attached hydrogen (secondary N) is 1. The molecule has 0 saturated heterocycles. The second-order valence-electron chi connectivity index (χ2n) is 4.22. The average Bonchev–Trinajstić information content (AvgIpc) is 2.59. The first-order valence-electron chi connectivity index (χ1n) is 5.06. The Morgan fingerprint density at radius 2 is 2.31 bits per heavy atom. The molecule has 5 nitrogen and oxygen atoms in total. The first-order chi connectivity index (χ1) is 7.47. The Morgan fingerprint density at radius 1 is 1.62 bits per heavy atom. The van der Waals surface area contributed by atoms with Crippen molar-refractivity contribution < 1.29 is 8.42 Å². The lowest BCUT2D eigenvalue weighted by atomic mass is 9.80. The minimum atomic E-state index is -3.43. The zero-order valence-corrected chi connectivity index (χ0v) is 11.4. The summed E-state index contributed by atoms with van der Waals surface area (Å²) in [5.74, 6) is 0. The summed E-state index contributed by atoms with van der Waals surface area (Å²) in [5.41, 5.74) is -0.297. The predicted octanol–water partition coefficient (Wildman–Crippen LogP) is 1.02. The highest BCUT2D eigenvalue weighted by Crippen LogP contribution is 2.34. The lowest BCUT2D eigenvalue weighted by molar-refractivity contribution is 0.256. The third-order valence-corrected chi connectivity index (χ3v) is 5.52. The van der Waals surface area contributed by atoms with Crippen LogP contribution in [-0.2, 0) is 17.1 Å². The Hall–Kier alpha value is -0.400. The smallest absolute Gasteiger partial charge is 0.244 e. The van der Waals surface area contributed by atoms with Crippen molar-refractivity contribution in [1.29, 1.82) is 0 Å². The molecular weight excluding hydrogens is 294 g/mol. The maximum atomic E-state index is 12.0. The van der Waals surface area contributed by atoms with E-state index < -0.39 is 10.0 Å². The van der Waals surface area contributed by atoms with Crippen LogP contribution in [0.1, 0.15) is 19.3 Å². The monoisotopic (exact) mass is 307 g/mol. The van der Waals surface area contributed by atoms with E-state index in [0.717, 1.165) is 19.3 Å². The number of alkyl halides is 1. The van der Waals surface area contributed by atoms with Gasteiger partial charge in [-0.1, -0.05) is 15.9 Å². The molecule has 16 heavy (non-hydrogen) atoms. The van der Waals surface area contributed by atoms with Gasteiger partial charge in [-0.25, -0.2) is 13.1 Å². The van der Waals surface area contributed by atoms with Crippen LogP contribution < -0.4 is 4.72 Å². The van der Waals surface area contributed by atoms with Crippen LogP contribution in [0.25, 0.3) is 0 Å². The molecule has 1 aliphatic carbocycles. The second-order valence-corrected chi connectivity index (χ2v) is 6.47. The van der Waals surface area contributed by atoms with E-state index in [1.807, 2.05) is 0 Å². The van der Waals surface area contributed by atoms with E-state index in [-0.39, 0.29) is 10.4 Å². The maximum Gasteiger partial charge on any atom is 0.244 e. The molecule has 0 bridgehead atoms. The molecule has 0 atom stereocenters. The van der Waals surface area contributed by atoms with Gasteiger partial charge in [0.15, 0.2) is 0 Å². The third-order valence-electron chi connectivity index (χ3n) is 2.91. The molecular formula is C9H14BrN3O2S. The molecule has 0 amide bonds. The first kappa shape index (κ1) is 12.1. The minimum absolute atomic E-state index is 0.224. The van der Waals surface area contributed by atoms with Crippen LogP contribution in [0, 0.1) is 0 Å². The standard InChI is InChI=1S/C9H14BrN3O2S/c1-13-6-8(5-11-13)16(14,15)12-9(7-10)3-2-4-9/h5-6,12H,2-4,7H2,1H3. The lowest BCUT2D eigenvalue weighted by Crippen LogP contribution is -2.54. The van der Waals surface area contributed by atoms with Gasteiger partial charge in [-0.3, -0.25) is 4.68 Å². The van der Waals surface area contributed by atoms with Crippen molar-refractivity contribution in [2.45, 2.75) is 29.7 Å². The fourth-order valence-corrected chi connectivity index (χ4v) is 4.08. The van der Waals surface area contributed by atoms with Gasteiger partial charge in [0, 0.05) is 24.1 Å². The van der Waals surface area contributed by atoms with Gasteiger partial charge < -0.3 is 0 Å². The summed E-state index contributed by atoms with van der Waals surface area (Å²) in [5, 5.41) is 4.52. The Balaban J connectivity index is 2.20. The molecule has 1 aromatic rings. The predicted molar refractivity (Wildman–Crippen MR) is 63.9 cm³/mol. The number of sulfonamides is 1. The molecule has 1 heterocycles. The normalized spacial score (nSPS) is 19.4. The Kier molecular flexibility index (Phi) is 3.11. The number of hydrogen-bond acceptors (Lipinski definition) is 3. The van der Waals surface area contributed by atoms with E-state index in [4.69, 9.17) is 0 Å². The molecule has 0 radical (unpaired) electrons. The summed E-state index contributed by atoms with van der Waals surface area (Å²) in [6, 6.07) is 0. The Labute approximate surface area is 103 Å². The topological polar surface area (TPSA) is 64.0 Å². The maximum absolute atomic E-state index is 12.0. The molecule has 1 saturated carbocycles. The molecule has 0 unspecified atom stereocenters. The van der Waals surface area contributed by atoms with Gasteiger partial charge in [0.05, 0.1) is 6.20 Å². The molecule has 90 valence electrons. The second kappa shape index (κ2) is 4.12. The van der Waals surface area contributed by atoms with E-state index in [2.05, 4.69) is 25.8 Å². The molecule has 7 heteroatoms. The molecule has 2 rings (SSSR count). The summed E-state index contributed by atoms with van der Waals surface area (Å²) >= 11 is 3.37. The van der Waals surface area contributed by atoms with Gasteiger partial charge in [0.1, 0.15) is 4.90 Å². The van der Waals surface area contributed by atoms with Gasteiger partial charge in [0.2, 0.25) is 10.0 Å². The van der Waals surface area contributed by atoms with Crippen LogP contribution in [0.15, 0.2) is 17.3 Å². The Bertz CT molecular complexity index is 473. The fourth-order valence-electron chi connectivity index (χ4n) is 1.75. The summed E-state index contributed by atoms with van der Waals surface area (Å²) in [4.78, 5) is 0.224. The molecule has 0 aliphatic heterocycles. The van der Waals surface area contributed by atoms with E-state index in [0.29, 0.717) is 5.33 Å². The third kappa shape index (κ3) is 2.16. The van der Waals surface area contributed by atoms with Crippen LogP contribution in [0.5, 0.6) is 0 Å². The van der Waals surface area contributed by atoms with Gasteiger partial charge in [0.25, 0.3) is 0 Å². The molecule has 0 spiro atoms. The highest BCUT2D eigenvalue weighted by Gasteiger charge is 2.40. The van der Waals surface area contributed by atoms with Crippen LogP contribution in [0.4, 0.5) is 0 Å². The van der Waals surface area contributed by atoms with E-state index >= 15 is 0 Å². The van der Waals surface area contributed by atoms with Crippen molar-refractivity contribution in [3.8, 4) is 0 Å². The number of hydrogen-bond donors (Lipinski definition) is 1. The molecule has 1 N–H and O–H groups in total. The van der Waals surface area contributed by atoms with Crippen LogP contribution in [0.2, 0.25) is 0 Å². The van der Waals surface area contributed by atoms with Crippen LogP contribution in [-0.4, -0.2) is 29.1 Å². The number of halogens is 1. The fraction of sp³-hybridized carbons (Fsp3) is 0.667. The van der Waals surface area contributed by atoms with E-state index in [1.165, 1.54) is 17.1 Å². The summed E-state index contributed by atoms with van der Waals surface area (Å²) in [6.07, 6.45) is 5.71. The number of rotatable bonds is 4. The van der Waals surface area contributed by atoms with Crippen molar-refractivity contribution >= 4 is 26.0 Å². The number of nitrogens with zero attached hydrogens (tertiary/aromatic N) is 2. The first-order valence-corrected chi connectivity index (χ1v) is 7.67. The van der Waals surface area contributed by atoms with Crippen molar-refractivity contribution in [3.63, 3.8) is 0 Å². The molecule has 1 aliphatic rings. The molecule has 1 fully saturated rings. The van der Waals surface area contributed by atoms with Gasteiger partial charge in [-0.2, -0.15) is 5.10 Å². The highest BCUT2D eigenvalue weighted by atomic mass is 79.9. The van der Waals surface area contributed by atoms with Gasteiger partial charge in [-0.15, -0.1) is 0 Å². The minimum Gasteiger partial charge on any atom is -0.274 e. The van der Waals surface area contributed by atoms with Crippen LogP contribution in [0.3, 0.4) is 0 Å². The van der Waals surface area contributed by atoms with Gasteiger partial charge >= 0.3 is 0 Å².